The van der Waals surface area contributed by atoms with Crippen molar-refractivity contribution in [1.82, 2.24) is 0 Å². The van der Waals surface area contributed by atoms with E-state index >= 15 is 0 Å². The van der Waals surface area contributed by atoms with E-state index in [9.17, 15) is 9.18 Å². The molecule has 0 unspecified atom stereocenters. The van der Waals surface area contributed by atoms with Crippen LogP contribution in [0.5, 0.6) is 5.75 Å². The third-order valence-electron chi connectivity index (χ3n) is 1.40. The fraction of sp³-hybridized carbons (Fsp3) is 0. The predicted molar refractivity (Wildman–Crippen MR) is 42.0 cm³/mol. The molecule has 3 nitrogen and oxygen atoms in total. The van der Waals surface area contributed by atoms with Crippen LogP contribution in [0.4, 0.5) is 4.39 Å². The third kappa shape index (κ3) is 0.984. The van der Waals surface area contributed by atoms with E-state index in [0.29, 0.717) is 4.70 Å². The topological polar surface area (TPSA) is 50.4 Å². The van der Waals surface area contributed by atoms with Gasteiger partial charge in [0.25, 0.3) is 0 Å². The highest BCUT2D eigenvalue weighted by atomic mass is 32.1. The molecule has 0 spiro atoms. The number of phenolic OH excluding ortho intramolecular Hbond substituents is 1. The van der Waals surface area contributed by atoms with Crippen LogP contribution in [0.25, 0.3) is 10.3 Å². The van der Waals surface area contributed by atoms with Crippen LogP contribution in [-0.4, -0.2) is 5.11 Å². The number of hydrogen-bond donors (Lipinski definition) is 1. The van der Waals surface area contributed by atoms with Gasteiger partial charge in [-0.15, -0.1) is 0 Å². The monoisotopic (exact) mass is 186 g/mol. The van der Waals surface area contributed by atoms with E-state index in [-0.39, 0.29) is 5.58 Å². The molecule has 0 aliphatic rings. The van der Waals surface area contributed by atoms with Crippen molar-refractivity contribution < 1.29 is 13.9 Å². The molecule has 0 aliphatic carbocycles. The Morgan fingerprint density at radius 3 is 3.00 bits per heavy atom. The molecule has 0 radical (unpaired) electrons. The van der Waals surface area contributed by atoms with Crippen molar-refractivity contribution in [3.8, 4) is 5.75 Å². The van der Waals surface area contributed by atoms with Crippen molar-refractivity contribution in [3.63, 3.8) is 0 Å². The first-order chi connectivity index (χ1) is 5.66. The number of aromatic hydroxyl groups is 1. The summed E-state index contributed by atoms with van der Waals surface area (Å²) in [5, 5.41) is 8.91. The standard InChI is InChI=1S/C7H3FO3S/c8-3-1-5-6(2-4(3)9)12-7(10)11-5/h1-2,9H. The molecular formula is C7H3FO3S. The molecule has 5 heteroatoms. The van der Waals surface area contributed by atoms with Crippen LogP contribution in [0.1, 0.15) is 0 Å². The molecule has 1 aromatic heterocycles. The predicted octanol–water partition coefficient (Wildman–Crippen LogP) is 1.70. The highest BCUT2D eigenvalue weighted by Gasteiger charge is 2.07. The van der Waals surface area contributed by atoms with E-state index < -0.39 is 16.5 Å². The summed E-state index contributed by atoms with van der Waals surface area (Å²) in [6.07, 6.45) is 0. The van der Waals surface area contributed by atoms with Gasteiger partial charge < -0.3 is 9.52 Å². The average Bonchev–Trinajstić information content (AvgIpc) is 2.30. The maximum atomic E-state index is 12.7. The molecular weight excluding hydrogens is 183 g/mol. The summed E-state index contributed by atoms with van der Waals surface area (Å²) in [5.41, 5.74) is 0.167. The minimum Gasteiger partial charge on any atom is -0.505 e. The van der Waals surface area contributed by atoms with Gasteiger partial charge in [0.05, 0.1) is 4.70 Å². The Morgan fingerprint density at radius 2 is 2.25 bits per heavy atom. The van der Waals surface area contributed by atoms with E-state index in [1.54, 1.807) is 0 Å². The molecule has 1 aromatic carbocycles. The second-order valence-corrected chi connectivity index (χ2v) is 3.18. The molecule has 1 heterocycles. The Balaban J connectivity index is 2.92. The second-order valence-electron chi connectivity index (χ2n) is 2.20. The Morgan fingerprint density at radius 1 is 1.50 bits per heavy atom. The highest BCUT2D eigenvalue weighted by Crippen LogP contribution is 2.24. The number of rotatable bonds is 0. The molecule has 0 saturated carbocycles. The first kappa shape index (κ1) is 7.30. The van der Waals surface area contributed by atoms with Crippen LogP contribution in [0.2, 0.25) is 0 Å². The van der Waals surface area contributed by atoms with Crippen LogP contribution in [0, 0.1) is 5.82 Å². The van der Waals surface area contributed by atoms with Crippen molar-refractivity contribution in [2.24, 2.45) is 0 Å². The van der Waals surface area contributed by atoms with Crippen molar-refractivity contribution >= 4 is 21.6 Å². The third-order valence-corrected chi connectivity index (χ3v) is 2.19. The second kappa shape index (κ2) is 2.31. The van der Waals surface area contributed by atoms with Crippen molar-refractivity contribution in [3.05, 3.63) is 27.7 Å². The summed E-state index contributed by atoms with van der Waals surface area (Å²) < 4.78 is 17.7. The Hall–Kier alpha value is -1.36. The van der Waals surface area contributed by atoms with Gasteiger partial charge in [-0.1, -0.05) is 11.3 Å². The molecule has 0 fully saturated rings. The zero-order valence-corrected chi connectivity index (χ0v) is 6.52. The minimum atomic E-state index is -0.788. The van der Waals surface area contributed by atoms with Gasteiger partial charge in [0.15, 0.2) is 17.1 Å². The summed E-state index contributed by atoms with van der Waals surface area (Å²) in [7, 11) is 0. The zero-order chi connectivity index (χ0) is 8.72. The SMILES string of the molecule is O=c1oc2cc(F)c(O)cc2s1. The molecule has 2 rings (SSSR count). The summed E-state index contributed by atoms with van der Waals surface area (Å²) in [6, 6.07) is 2.16. The van der Waals surface area contributed by atoms with Crippen molar-refractivity contribution in [2.75, 3.05) is 0 Å². The quantitative estimate of drug-likeness (QED) is 0.681. The normalized spacial score (nSPS) is 10.8. The van der Waals surface area contributed by atoms with Gasteiger partial charge in [0.1, 0.15) is 0 Å². The molecule has 12 heavy (non-hydrogen) atoms. The molecule has 0 aliphatic heterocycles. The number of fused-ring (bicyclic) bond motifs is 1. The van der Waals surface area contributed by atoms with E-state index in [1.807, 2.05) is 0 Å². The van der Waals surface area contributed by atoms with Crippen LogP contribution in [0.3, 0.4) is 0 Å². The van der Waals surface area contributed by atoms with E-state index in [1.165, 1.54) is 6.07 Å². The van der Waals surface area contributed by atoms with E-state index in [0.717, 1.165) is 17.4 Å². The molecule has 0 bridgehead atoms. The Labute approximate surface area is 69.7 Å². The fourth-order valence-corrected chi connectivity index (χ4v) is 1.57. The first-order valence-corrected chi connectivity index (χ1v) is 3.90. The molecule has 0 amide bonds. The van der Waals surface area contributed by atoms with Gasteiger partial charge in [0, 0.05) is 12.1 Å². The molecule has 1 N–H and O–H groups in total. The fourth-order valence-electron chi connectivity index (χ4n) is 0.884. The average molecular weight is 186 g/mol. The Bertz CT molecular complexity index is 443. The first-order valence-electron chi connectivity index (χ1n) is 3.09. The van der Waals surface area contributed by atoms with Gasteiger partial charge >= 0.3 is 4.94 Å². The van der Waals surface area contributed by atoms with Crippen LogP contribution in [-0.2, 0) is 0 Å². The highest BCUT2D eigenvalue weighted by molar-refractivity contribution is 7.16. The lowest BCUT2D eigenvalue weighted by Crippen LogP contribution is -1.79. The van der Waals surface area contributed by atoms with Crippen LogP contribution >= 0.6 is 11.3 Å². The number of hydrogen-bond acceptors (Lipinski definition) is 4. The molecule has 2 aromatic rings. The lowest BCUT2D eigenvalue weighted by Gasteiger charge is -1.91. The van der Waals surface area contributed by atoms with Crippen molar-refractivity contribution in [1.29, 1.82) is 0 Å². The lowest BCUT2D eigenvalue weighted by molar-refractivity contribution is 0.432. The van der Waals surface area contributed by atoms with E-state index in [2.05, 4.69) is 4.42 Å². The van der Waals surface area contributed by atoms with Gasteiger partial charge in [-0.3, -0.25) is 0 Å². The largest absolute Gasteiger partial charge is 0.505 e. The van der Waals surface area contributed by atoms with Gasteiger partial charge in [-0.25, -0.2) is 9.18 Å². The molecule has 62 valence electrons. The summed E-state index contributed by atoms with van der Waals surface area (Å²) in [4.78, 5) is 10.2. The van der Waals surface area contributed by atoms with Gasteiger partial charge in [-0.2, -0.15) is 0 Å². The summed E-state index contributed by atoms with van der Waals surface area (Å²) in [5.74, 6) is -1.26. The van der Waals surface area contributed by atoms with Gasteiger partial charge in [0.2, 0.25) is 0 Å². The summed E-state index contributed by atoms with van der Waals surface area (Å²) >= 11 is 0.826. The minimum absolute atomic E-state index is 0.167. The molecule has 0 saturated heterocycles. The van der Waals surface area contributed by atoms with Crippen LogP contribution in [0.15, 0.2) is 21.3 Å². The van der Waals surface area contributed by atoms with Gasteiger partial charge in [-0.05, 0) is 0 Å². The number of phenols is 1. The molecule has 0 atom stereocenters. The number of benzene rings is 1. The van der Waals surface area contributed by atoms with Crippen molar-refractivity contribution in [2.45, 2.75) is 0 Å². The van der Waals surface area contributed by atoms with Crippen LogP contribution < -0.4 is 4.94 Å². The smallest absolute Gasteiger partial charge is 0.396 e. The lowest BCUT2D eigenvalue weighted by atomic mass is 10.3. The van der Waals surface area contributed by atoms with E-state index in [4.69, 9.17) is 5.11 Å². The maximum Gasteiger partial charge on any atom is 0.396 e. The summed E-state index contributed by atoms with van der Waals surface area (Å²) in [6.45, 7) is 0. The number of halogens is 1. The Kier molecular flexibility index (Phi) is 1.41. The zero-order valence-electron chi connectivity index (χ0n) is 5.70. The maximum absolute atomic E-state index is 12.7.